The normalized spacial score (nSPS) is 14.6. The van der Waals surface area contributed by atoms with Crippen molar-refractivity contribution in [1.29, 1.82) is 0 Å². The molecule has 9 heteroatoms. The van der Waals surface area contributed by atoms with Crippen molar-refractivity contribution in [3.63, 3.8) is 0 Å². The molecule has 2 aromatic rings. The average Bonchev–Trinajstić information content (AvgIpc) is 3.19. The first-order valence-electron chi connectivity index (χ1n) is 10.2. The Bertz CT molecular complexity index is 964. The number of aromatic nitrogens is 2. The van der Waals surface area contributed by atoms with Crippen LogP contribution < -0.4 is 14.8 Å². The van der Waals surface area contributed by atoms with Crippen LogP contribution in [0.5, 0.6) is 11.5 Å². The van der Waals surface area contributed by atoms with E-state index < -0.39 is 0 Å². The minimum atomic E-state index is -0.140. The van der Waals surface area contributed by atoms with Crippen LogP contribution in [0.25, 0.3) is 6.08 Å². The SMILES string of the molecule is CCOc1cc(/C=C/C(=O)N2CCC(NC(=O)c3cnn(C)c3)CC2)cc(Cl)c1OC. The molecule has 166 valence electrons. The van der Waals surface area contributed by atoms with Crippen molar-refractivity contribution in [2.75, 3.05) is 26.8 Å². The Morgan fingerprint density at radius 3 is 2.68 bits per heavy atom. The van der Waals surface area contributed by atoms with E-state index in [1.54, 1.807) is 47.2 Å². The number of halogens is 1. The van der Waals surface area contributed by atoms with Crippen molar-refractivity contribution >= 4 is 29.5 Å². The Hall–Kier alpha value is -3.00. The fourth-order valence-electron chi connectivity index (χ4n) is 3.47. The van der Waals surface area contributed by atoms with Crippen LogP contribution in [0.2, 0.25) is 5.02 Å². The van der Waals surface area contributed by atoms with Gasteiger partial charge < -0.3 is 19.7 Å². The van der Waals surface area contributed by atoms with Crippen molar-refractivity contribution in [2.24, 2.45) is 7.05 Å². The Balaban J connectivity index is 1.55. The van der Waals surface area contributed by atoms with Gasteiger partial charge in [0.25, 0.3) is 5.91 Å². The number of carbonyl (C=O) groups is 2. The molecule has 8 nitrogen and oxygen atoms in total. The average molecular weight is 447 g/mol. The van der Waals surface area contributed by atoms with Gasteiger partial charge in [0.15, 0.2) is 11.5 Å². The monoisotopic (exact) mass is 446 g/mol. The summed E-state index contributed by atoms with van der Waals surface area (Å²) in [5.41, 5.74) is 1.29. The summed E-state index contributed by atoms with van der Waals surface area (Å²) in [6, 6.07) is 3.56. The maximum Gasteiger partial charge on any atom is 0.254 e. The standard InChI is InChI=1S/C22H27ClN4O4/c1-4-31-19-12-15(11-18(23)21(19)30-3)5-6-20(28)27-9-7-17(8-10-27)25-22(29)16-13-24-26(2)14-16/h5-6,11-14,17H,4,7-10H2,1-3H3,(H,25,29)/b6-5+. The molecule has 3 rings (SSSR count). The van der Waals surface area contributed by atoms with E-state index >= 15 is 0 Å². The van der Waals surface area contributed by atoms with Gasteiger partial charge in [0.2, 0.25) is 5.91 Å². The Kier molecular flexibility index (Phi) is 7.57. The van der Waals surface area contributed by atoms with E-state index in [2.05, 4.69) is 10.4 Å². The summed E-state index contributed by atoms with van der Waals surface area (Å²) in [5, 5.41) is 7.45. The summed E-state index contributed by atoms with van der Waals surface area (Å²) >= 11 is 6.26. The number of nitrogens with one attached hydrogen (secondary N) is 1. The molecule has 0 radical (unpaired) electrons. The van der Waals surface area contributed by atoms with Gasteiger partial charge in [-0.25, -0.2) is 0 Å². The molecule has 0 aliphatic carbocycles. The van der Waals surface area contributed by atoms with E-state index in [1.807, 2.05) is 6.92 Å². The predicted molar refractivity (Wildman–Crippen MR) is 118 cm³/mol. The smallest absolute Gasteiger partial charge is 0.254 e. The van der Waals surface area contributed by atoms with Crippen molar-refractivity contribution in [3.8, 4) is 11.5 Å². The molecule has 0 bridgehead atoms. The molecule has 0 saturated carbocycles. The van der Waals surface area contributed by atoms with Gasteiger partial charge >= 0.3 is 0 Å². The molecule has 0 unspecified atom stereocenters. The number of hydrogen-bond donors (Lipinski definition) is 1. The molecular weight excluding hydrogens is 420 g/mol. The molecule has 1 aromatic carbocycles. The van der Waals surface area contributed by atoms with E-state index in [4.69, 9.17) is 21.1 Å². The molecule has 1 saturated heterocycles. The van der Waals surface area contributed by atoms with Gasteiger partial charge in [-0.1, -0.05) is 11.6 Å². The topological polar surface area (TPSA) is 85.7 Å². The summed E-state index contributed by atoms with van der Waals surface area (Å²) in [6.07, 6.45) is 7.88. The van der Waals surface area contributed by atoms with Gasteiger partial charge in [0.1, 0.15) is 0 Å². The van der Waals surface area contributed by atoms with Crippen molar-refractivity contribution < 1.29 is 19.1 Å². The first kappa shape index (κ1) is 22.7. The van der Waals surface area contributed by atoms with Gasteiger partial charge in [-0.05, 0) is 43.5 Å². The molecule has 1 fully saturated rings. The van der Waals surface area contributed by atoms with Gasteiger partial charge in [0, 0.05) is 38.5 Å². The highest BCUT2D eigenvalue weighted by Crippen LogP contribution is 2.36. The van der Waals surface area contributed by atoms with Crippen LogP contribution in [-0.4, -0.2) is 59.3 Å². The van der Waals surface area contributed by atoms with Gasteiger partial charge in [-0.3, -0.25) is 14.3 Å². The second-order valence-electron chi connectivity index (χ2n) is 7.28. The Morgan fingerprint density at radius 1 is 1.32 bits per heavy atom. The van der Waals surface area contributed by atoms with Crippen LogP contribution in [0.1, 0.15) is 35.7 Å². The van der Waals surface area contributed by atoms with E-state index in [0.29, 0.717) is 54.6 Å². The fourth-order valence-corrected chi connectivity index (χ4v) is 3.77. The third kappa shape index (κ3) is 5.79. The zero-order valence-electron chi connectivity index (χ0n) is 17.9. The van der Waals surface area contributed by atoms with Crippen molar-refractivity contribution in [1.82, 2.24) is 20.0 Å². The number of ether oxygens (including phenoxy) is 2. The zero-order chi connectivity index (χ0) is 22.4. The van der Waals surface area contributed by atoms with E-state index in [0.717, 1.165) is 5.56 Å². The second-order valence-corrected chi connectivity index (χ2v) is 7.68. The number of methoxy groups -OCH3 is 1. The minimum absolute atomic E-state index is 0.0369. The molecular formula is C22H27ClN4O4. The summed E-state index contributed by atoms with van der Waals surface area (Å²) in [5.74, 6) is 0.790. The number of piperidine rings is 1. The van der Waals surface area contributed by atoms with Crippen LogP contribution in [0.4, 0.5) is 0 Å². The van der Waals surface area contributed by atoms with E-state index in [9.17, 15) is 9.59 Å². The third-order valence-electron chi connectivity index (χ3n) is 5.06. The fraction of sp³-hybridized carbons (Fsp3) is 0.409. The molecule has 1 aliphatic rings. The molecule has 31 heavy (non-hydrogen) atoms. The van der Waals surface area contributed by atoms with Crippen molar-refractivity contribution in [3.05, 3.63) is 46.8 Å². The Morgan fingerprint density at radius 2 is 2.06 bits per heavy atom. The van der Waals surface area contributed by atoms with Crippen LogP contribution in [0.3, 0.4) is 0 Å². The Labute approximate surface area is 186 Å². The van der Waals surface area contributed by atoms with Crippen LogP contribution in [0.15, 0.2) is 30.6 Å². The zero-order valence-corrected chi connectivity index (χ0v) is 18.7. The number of rotatable bonds is 7. The molecule has 2 amide bonds. The number of nitrogens with zero attached hydrogens (tertiary/aromatic N) is 3. The predicted octanol–water partition coefficient (Wildman–Crippen LogP) is 2.92. The first-order chi connectivity index (χ1) is 14.9. The lowest BCUT2D eigenvalue weighted by Gasteiger charge is -2.31. The number of hydrogen-bond acceptors (Lipinski definition) is 5. The van der Waals surface area contributed by atoms with Crippen LogP contribution >= 0.6 is 11.6 Å². The second kappa shape index (κ2) is 10.3. The number of benzene rings is 1. The highest BCUT2D eigenvalue weighted by molar-refractivity contribution is 6.32. The molecule has 2 heterocycles. The summed E-state index contributed by atoms with van der Waals surface area (Å²) in [6.45, 7) is 3.51. The van der Waals surface area contributed by atoms with Gasteiger partial charge in [-0.2, -0.15) is 5.10 Å². The van der Waals surface area contributed by atoms with E-state index in [-0.39, 0.29) is 17.9 Å². The molecule has 0 atom stereocenters. The lowest BCUT2D eigenvalue weighted by molar-refractivity contribution is -0.126. The molecule has 1 aromatic heterocycles. The maximum atomic E-state index is 12.6. The highest BCUT2D eigenvalue weighted by Gasteiger charge is 2.23. The largest absolute Gasteiger partial charge is 0.491 e. The minimum Gasteiger partial charge on any atom is -0.491 e. The van der Waals surface area contributed by atoms with Crippen LogP contribution in [0, 0.1) is 0 Å². The maximum absolute atomic E-state index is 12.6. The number of aryl methyl sites for hydroxylation is 1. The summed E-state index contributed by atoms with van der Waals surface area (Å²) in [4.78, 5) is 26.6. The lowest BCUT2D eigenvalue weighted by Crippen LogP contribution is -2.46. The number of carbonyl (C=O) groups excluding carboxylic acids is 2. The van der Waals surface area contributed by atoms with E-state index in [1.165, 1.54) is 13.2 Å². The quantitative estimate of drug-likeness (QED) is 0.661. The van der Waals surface area contributed by atoms with Gasteiger partial charge in [-0.15, -0.1) is 0 Å². The number of amides is 2. The first-order valence-corrected chi connectivity index (χ1v) is 10.6. The lowest BCUT2D eigenvalue weighted by atomic mass is 10.0. The summed E-state index contributed by atoms with van der Waals surface area (Å²) < 4.78 is 12.4. The van der Waals surface area contributed by atoms with Crippen molar-refractivity contribution in [2.45, 2.75) is 25.8 Å². The molecule has 0 spiro atoms. The molecule has 1 aliphatic heterocycles. The number of likely N-dealkylation sites (tertiary alicyclic amines) is 1. The summed E-state index contributed by atoms with van der Waals surface area (Å²) in [7, 11) is 3.30. The van der Waals surface area contributed by atoms with Crippen LogP contribution in [-0.2, 0) is 11.8 Å². The van der Waals surface area contributed by atoms with Gasteiger partial charge in [0.05, 0.1) is 30.5 Å². The third-order valence-corrected chi connectivity index (χ3v) is 5.34. The molecule has 1 N–H and O–H groups in total. The highest BCUT2D eigenvalue weighted by atomic mass is 35.5.